The zero-order chi connectivity index (χ0) is 11.6. The summed E-state index contributed by atoms with van der Waals surface area (Å²) in [6.07, 6.45) is 2.74. The Balaban J connectivity index is 2.55. The van der Waals surface area contributed by atoms with Crippen molar-refractivity contribution in [1.29, 1.82) is 0 Å². The van der Waals surface area contributed by atoms with Crippen LogP contribution >= 0.6 is 11.6 Å². The molecule has 1 saturated carbocycles. The van der Waals surface area contributed by atoms with E-state index >= 15 is 0 Å². The van der Waals surface area contributed by atoms with Crippen LogP contribution in [0.15, 0.2) is 12.2 Å². The van der Waals surface area contributed by atoms with Gasteiger partial charge in [0.15, 0.2) is 6.07 Å². The molecule has 1 aliphatic rings. The zero-order valence-electron chi connectivity index (χ0n) is 8.53. The van der Waals surface area contributed by atoms with Crippen molar-refractivity contribution in [2.24, 2.45) is 17.3 Å². The Morgan fingerprint density at radius 2 is 2.13 bits per heavy atom. The molecule has 0 aliphatic heterocycles. The predicted molar refractivity (Wildman–Crippen MR) is 51.7 cm³/mol. The molecular formula is C10H12ClO4-. The molecule has 0 aromatic rings. The van der Waals surface area contributed by atoms with Crippen molar-refractivity contribution < 1.29 is 19.4 Å². The minimum Gasteiger partial charge on any atom is -0.550 e. The molecule has 1 aliphatic carbocycles. The van der Waals surface area contributed by atoms with E-state index in [9.17, 15) is 14.7 Å². The van der Waals surface area contributed by atoms with Gasteiger partial charge in [-0.25, -0.2) is 4.79 Å². The summed E-state index contributed by atoms with van der Waals surface area (Å²) in [7, 11) is 0. The van der Waals surface area contributed by atoms with Crippen molar-refractivity contribution in [3.05, 3.63) is 12.2 Å². The van der Waals surface area contributed by atoms with E-state index in [0.717, 1.165) is 0 Å². The number of rotatable bonds is 4. The topological polar surface area (TPSA) is 66.4 Å². The second-order valence-corrected chi connectivity index (χ2v) is 4.29. The normalized spacial score (nSPS) is 27.7. The van der Waals surface area contributed by atoms with Gasteiger partial charge in [-0.1, -0.05) is 31.5 Å². The molecule has 0 heterocycles. The lowest BCUT2D eigenvalue weighted by Crippen LogP contribution is -2.26. The molecule has 0 aromatic carbocycles. The number of hydrogen-bond donors (Lipinski definition) is 0. The average Bonchev–Trinajstić information content (AvgIpc) is 2.65. The smallest absolute Gasteiger partial charge is 0.331 e. The lowest BCUT2D eigenvalue weighted by atomic mass is 10.1. The average molecular weight is 232 g/mol. The van der Waals surface area contributed by atoms with Gasteiger partial charge in [-0.05, 0) is 11.3 Å². The molecule has 0 saturated heterocycles. The number of carbonyl (C=O) groups is 2. The van der Waals surface area contributed by atoms with Crippen LogP contribution in [0.5, 0.6) is 0 Å². The molecule has 0 radical (unpaired) electrons. The summed E-state index contributed by atoms with van der Waals surface area (Å²) in [6, 6.07) is -0.207. The van der Waals surface area contributed by atoms with Gasteiger partial charge in [0.2, 0.25) is 0 Å². The first-order chi connectivity index (χ1) is 6.91. The third kappa shape index (κ3) is 2.50. The maximum atomic E-state index is 10.9. The van der Waals surface area contributed by atoms with Gasteiger partial charge in [0.05, 0.1) is 0 Å². The molecular weight excluding hydrogens is 220 g/mol. The highest BCUT2D eigenvalue weighted by molar-refractivity contribution is 6.17. The molecule has 0 N–H and O–H groups in total. The molecule has 1 rings (SSSR count). The molecule has 1 fully saturated rings. The fourth-order valence-electron chi connectivity index (χ4n) is 1.77. The minimum absolute atomic E-state index is 0.176. The van der Waals surface area contributed by atoms with Crippen molar-refractivity contribution in [2.75, 3.05) is 6.07 Å². The summed E-state index contributed by atoms with van der Waals surface area (Å²) in [5, 5.41) is 10.7. The number of esters is 1. The number of hydrogen-bond acceptors (Lipinski definition) is 4. The van der Waals surface area contributed by atoms with Crippen molar-refractivity contribution in [3.8, 4) is 0 Å². The molecule has 0 bridgehead atoms. The minimum atomic E-state index is -1.08. The second-order valence-electron chi connectivity index (χ2n) is 4.08. The van der Waals surface area contributed by atoms with Crippen LogP contribution in [0.1, 0.15) is 13.8 Å². The van der Waals surface area contributed by atoms with Gasteiger partial charge in [-0.3, -0.25) is 0 Å². The first kappa shape index (κ1) is 12.0. The van der Waals surface area contributed by atoms with E-state index in [1.54, 1.807) is 0 Å². The van der Waals surface area contributed by atoms with E-state index in [1.807, 2.05) is 13.8 Å². The Hall–Kier alpha value is -1.03. The maximum Gasteiger partial charge on any atom is 0.331 e. The van der Waals surface area contributed by atoms with Gasteiger partial charge in [0.1, 0.15) is 0 Å². The highest BCUT2D eigenvalue weighted by Crippen LogP contribution is 2.58. The number of aliphatic carboxylic acids is 1. The van der Waals surface area contributed by atoms with Crippen molar-refractivity contribution >= 4 is 23.5 Å². The number of halogens is 1. The SMILES string of the molecule is CC1(C)C(/C=C/C(=O)OCCl)C1C(=O)[O-]. The predicted octanol–water partition coefficient (Wildman–Crippen LogP) is 0.304. The Bertz CT molecular complexity index is 309. The number of carboxylic acids is 1. The highest BCUT2D eigenvalue weighted by atomic mass is 35.5. The van der Waals surface area contributed by atoms with Gasteiger partial charge in [-0.15, -0.1) is 0 Å². The monoisotopic (exact) mass is 231 g/mol. The van der Waals surface area contributed by atoms with Gasteiger partial charge >= 0.3 is 5.97 Å². The van der Waals surface area contributed by atoms with E-state index in [4.69, 9.17) is 11.6 Å². The van der Waals surface area contributed by atoms with E-state index in [0.29, 0.717) is 0 Å². The van der Waals surface area contributed by atoms with E-state index in [2.05, 4.69) is 4.74 Å². The molecule has 4 nitrogen and oxygen atoms in total. The van der Waals surface area contributed by atoms with Crippen LogP contribution < -0.4 is 5.11 Å². The summed E-state index contributed by atoms with van der Waals surface area (Å²) in [5.41, 5.74) is -0.351. The lowest BCUT2D eigenvalue weighted by Gasteiger charge is -2.01. The Kier molecular flexibility index (Phi) is 3.39. The quantitative estimate of drug-likeness (QED) is 0.397. The van der Waals surface area contributed by atoms with Crippen LogP contribution in [0.2, 0.25) is 0 Å². The number of allylic oxidation sites excluding steroid dienone is 1. The van der Waals surface area contributed by atoms with Crippen molar-refractivity contribution in [3.63, 3.8) is 0 Å². The van der Waals surface area contributed by atoms with Crippen molar-refractivity contribution in [1.82, 2.24) is 0 Å². The van der Waals surface area contributed by atoms with Gasteiger partial charge in [0.25, 0.3) is 0 Å². The van der Waals surface area contributed by atoms with Crippen LogP contribution in [0.3, 0.4) is 0 Å². The number of alkyl halides is 1. The van der Waals surface area contributed by atoms with Gasteiger partial charge in [0, 0.05) is 18.0 Å². The summed E-state index contributed by atoms with van der Waals surface area (Å²) < 4.78 is 4.46. The molecule has 84 valence electrons. The molecule has 15 heavy (non-hydrogen) atoms. The number of carboxylic acid groups (broad SMARTS) is 1. The van der Waals surface area contributed by atoms with E-state index in [-0.39, 0.29) is 17.4 Å². The van der Waals surface area contributed by atoms with Crippen LogP contribution in [0.4, 0.5) is 0 Å². The fraction of sp³-hybridized carbons (Fsp3) is 0.600. The standard InChI is InChI=1S/C10H13ClO4/c1-10(2)6(8(10)9(13)14)3-4-7(12)15-5-11/h3-4,6,8H,5H2,1-2H3,(H,13,14)/p-1/b4-3+. The third-order valence-corrected chi connectivity index (χ3v) is 2.91. The number of carbonyl (C=O) groups excluding carboxylic acids is 2. The lowest BCUT2D eigenvalue weighted by molar-refractivity contribution is -0.309. The summed E-state index contributed by atoms with van der Waals surface area (Å²) >= 11 is 5.18. The van der Waals surface area contributed by atoms with Crippen LogP contribution in [0, 0.1) is 17.3 Å². The summed E-state index contributed by atoms with van der Waals surface area (Å²) in [5.74, 6) is -2.35. The second kappa shape index (κ2) is 4.23. The van der Waals surface area contributed by atoms with Crippen molar-refractivity contribution in [2.45, 2.75) is 13.8 Å². The zero-order valence-corrected chi connectivity index (χ0v) is 9.28. The highest BCUT2D eigenvalue weighted by Gasteiger charge is 2.56. The molecule has 5 heteroatoms. The van der Waals surface area contributed by atoms with Gasteiger partial charge in [-0.2, -0.15) is 0 Å². The van der Waals surface area contributed by atoms with Crippen LogP contribution in [0.25, 0.3) is 0 Å². The first-order valence-corrected chi connectivity index (χ1v) is 5.06. The maximum absolute atomic E-state index is 10.9. The largest absolute Gasteiger partial charge is 0.550 e. The van der Waals surface area contributed by atoms with E-state index in [1.165, 1.54) is 12.2 Å². The summed E-state index contributed by atoms with van der Waals surface area (Å²) in [6.45, 7) is 3.63. The third-order valence-electron chi connectivity index (χ3n) is 2.80. The fourth-order valence-corrected chi connectivity index (χ4v) is 1.88. The number of ether oxygens (including phenoxy) is 1. The molecule has 2 atom stereocenters. The Morgan fingerprint density at radius 3 is 2.53 bits per heavy atom. The molecule has 0 aromatic heterocycles. The Morgan fingerprint density at radius 1 is 1.53 bits per heavy atom. The van der Waals surface area contributed by atoms with Crippen LogP contribution in [-0.2, 0) is 14.3 Å². The van der Waals surface area contributed by atoms with Crippen LogP contribution in [-0.4, -0.2) is 18.0 Å². The van der Waals surface area contributed by atoms with Gasteiger partial charge < -0.3 is 14.6 Å². The summed E-state index contributed by atoms with van der Waals surface area (Å²) in [4.78, 5) is 21.6. The molecule has 0 spiro atoms. The van der Waals surface area contributed by atoms with E-state index < -0.39 is 17.9 Å². The first-order valence-electron chi connectivity index (χ1n) is 4.53. The molecule has 0 amide bonds. The molecule has 2 unspecified atom stereocenters. The Labute approximate surface area is 92.9 Å².